The lowest BCUT2D eigenvalue weighted by Crippen LogP contribution is -2.32. The fraction of sp³-hybridized carbons (Fsp3) is 0.545. The summed E-state index contributed by atoms with van der Waals surface area (Å²) in [5.41, 5.74) is 1.60. The van der Waals surface area contributed by atoms with E-state index in [1.54, 1.807) is 0 Å². The van der Waals surface area contributed by atoms with Crippen molar-refractivity contribution in [2.75, 3.05) is 6.61 Å². The number of benzene rings is 1. The third-order valence-electron chi connectivity index (χ3n) is 6.63. The van der Waals surface area contributed by atoms with E-state index in [-0.39, 0.29) is 28.5 Å². The van der Waals surface area contributed by atoms with Crippen molar-refractivity contribution in [1.29, 1.82) is 0 Å². The van der Waals surface area contributed by atoms with Gasteiger partial charge in [0.05, 0.1) is 12.5 Å². The molecule has 3 atom stereocenters. The normalized spacial score (nSPS) is 29.8. The summed E-state index contributed by atoms with van der Waals surface area (Å²) in [6, 6.07) is 9.93. The first-order valence-electron chi connectivity index (χ1n) is 9.28. The lowest BCUT2D eigenvalue weighted by atomic mass is 9.70. The highest BCUT2D eigenvalue weighted by Crippen LogP contribution is 2.65. The largest absolute Gasteiger partial charge is 0.466 e. The van der Waals surface area contributed by atoms with Crippen molar-refractivity contribution in [1.82, 2.24) is 0 Å². The van der Waals surface area contributed by atoms with E-state index in [2.05, 4.69) is 20.8 Å². The van der Waals surface area contributed by atoms with E-state index < -0.39 is 5.92 Å². The Balaban J connectivity index is 1.93. The second-order valence-corrected chi connectivity index (χ2v) is 8.14. The Labute approximate surface area is 150 Å². The number of Topliss-reactive ketones (excluding diaryl/α,β-unsaturated/α-hetero) is 1. The molecule has 0 aliphatic heterocycles. The maximum absolute atomic E-state index is 13.1. The van der Waals surface area contributed by atoms with Gasteiger partial charge in [0.15, 0.2) is 5.78 Å². The Hall–Kier alpha value is -1.90. The average molecular weight is 340 g/mol. The molecule has 2 aliphatic rings. The molecule has 3 nitrogen and oxygen atoms in total. The second-order valence-electron chi connectivity index (χ2n) is 8.14. The number of carbonyl (C=O) groups is 2. The molecule has 0 spiro atoms. The number of esters is 1. The van der Waals surface area contributed by atoms with Gasteiger partial charge in [-0.15, -0.1) is 0 Å². The van der Waals surface area contributed by atoms with E-state index in [1.165, 1.54) is 0 Å². The van der Waals surface area contributed by atoms with Gasteiger partial charge < -0.3 is 4.74 Å². The molecule has 0 radical (unpaired) electrons. The van der Waals surface area contributed by atoms with Crippen LogP contribution in [0.2, 0.25) is 0 Å². The molecule has 134 valence electrons. The Bertz CT molecular complexity index is 701. The zero-order chi connectivity index (χ0) is 18.2. The maximum atomic E-state index is 13.1. The number of fused-ring (bicyclic) bond motifs is 2. The highest BCUT2D eigenvalue weighted by Gasteiger charge is 2.63. The van der Waals surface area contributed by atoms with Crippen molar-refractivity contribution < 1.29 is 14.3 Å². The van der Waals surface area contributed by atoms with Crippen LogP contribution in [0, 0.1) is 22.7 Å². The van der Waals surface area contributed by atoms with E-state index in [9.17, 15) is 9.59 Å². The van der Waals surface area contributed by atoms with Gasteiger partial charge in [0.2, 0.25) is 0 Å². The van der Waals surface area contributed by atoms with Crippen molar-refractivity contribution in [3.05, 3.63) is 47.5 Å². The molecule has 2 bridgehead atoms. The topological polar surface area (TPSA) is 43.4 Å². The summed E-state index contributed by atoms with van der Waals surface area (Å²) < 4.78 is 5.28. The fourth-order valence-corrected chi connectivity index (χ4v) is 4.66. The summed E-state index contributed by atoms with van der Waals surface area (Å²) in [7, 11) is 0. The van der Waals surface area contributed by atoms with Crippen molar-refractivity contribution in [2.45, 2.75) is 47.0 Å². The number of carbonyl (C=O) groups excluding carboxylic acids is 2. The molecule has 3 rings (SSSR count). The van der Waals surface area contributed by atoms with E-state index >= 15 is 0 Å². The summed E-state index contributed by atoms with van der Waals surface area (Å²) >= 11 is 0. The van der Waals surface area contributed by atoms with Gasteiger partial charge >= 0.3 is 5.97 Å². The molecule has 1 aromatic rings. The number of hydrogen-bond acceptors (Lipinski definition) is 3. The van der Waals surface area contributed by atoms with Gasteiger partial charge in [-0.25, -0.2) is 0 Å². The molecular weight excluding hydrogens is 312 g/mol. The molecule has 3 unspecified atom stereocenters. The predicted molar refractivity (Wildman–Crippen MR) is 98.0 cm³/mol. The molecule has 2 fully saturated rings. The van der Waals surface area contributed by atoms with Crippen LogP contribution in [0.3, 0.4) is 0 Å². The van der Waals surface area contributed by atoms with Gasteiger partial charge in [-0.1, -0.05) is 57.2 Å². The lowest BCUT2D eigenvalue weighted by molar-refractivity contribution is -0.146. The van der Waals surface area contributed by atoms with Gasteiger partial charge in [0.1, 0.15) is 0 Å². The van der Waals surface area contributed by atoms with Crippen molar-refractivity contribution in [3.8, 4) is 0 Å². The van der Waals surface area contributed by atoms with Gasteiger partial charge in [-0.2, -0.15) is 0 Å². The highest BCUT2D eigenvalue weighted by atomic mass is 16.5. The predicted octanol–water partition coefficient (Wildman–Crippen LogP) is 4.36. The Morgan fingerprint density at radius 3 is 2.52 bits per heavy atom. The standard InChI is InChI=1S/C22H28O3/c1-5-25-20(24)16(13-15-9-7-6-8-10-15)14-17-18-11-12-22(4,19(17)23)21(18,2)3/h6-10,14,16,18H,5,11-13H2,1-4H3/b17-14+. The molecule has 0 aromatic heterocycles. The number of hydrogen-bond donors (Lipinski definition) is 0. The van der Waals surface area contributed by atoms with Gasteiger partial charge in [0.25, 0.3) is 0 Å². The molecule has 0 heterocycles. The van der Waals surface area contributed by atoms with Crippen LogP contribution in [-0.4, -0.2) is 18.4 Å². The van der Waals surface area contributed by atoms with Crippen LogP contribution in [0.15, 0.2) is 42.0 Å². The molecule has 25 heavy (non-hydrogen) atoms. The van der Waals surface area contributed by atoms with E-state index in [0.29, 0.717) is 13.0 Å². The minimum absolute atomic E-state index is 0.0398. The summed E-state index contributed by atoms with van der Waals surface area (Å²) in [6.07, 6.45) is 4.47. The van der Waals surface area contributed by atoms with Crippen LogP contribution < -0.4 is 0 Å². The quantitative estimate of drug-likeness (QED) is 0.591. The zero-order valence-electron chi connectivity index (χ0n) is 15.7. The van der Waals surface area contributed by atoms with Crippen molar-refractivity contribution in [3.63, 3.8) is 0 Å². The molecule has 3 heteroatoms. The Kier molecular flexibility index (Phi) is 4.61. The van der Waals surface area contributed by atoms with E-state index in [1.807, 2.05) is 43.3 Å². The van der Waals surface area contributed by atoms with Crippen molar-refractivity contribution >= 4 is 11.8 Å². The fourth-order valence-electron chi connectivity index (χ4n) is 4.66. The first-order chi connectivity index (χ1) is 11.8. The highest BCUT2D eigenvalue weighted by molar-refractivity contribution is 6.05. The minimum atomic E-state index is -0.403. The SMILES string of the molecule is CCOC(=O)C(/C=C1/C(=O)C2(C)CCC1C2(C)C)Cc1ccccc1. The lowest BCUT2D eigenvalue weighted by Gasteiger charge is -2.31. The molecule has 0 amide bonds. The molecular formula is C22H28O3. The number of allylic oxidation sites excluding steroid dienone is 1. The van der Waals surface area contributed by atoms with Crippen LogP contribution in [0.5, 0.6) is 0 Å². The van der Waals surface area contributed by atoms with E-state index in [0.717, 1.165) is 24.0 Å². The first kappa shape index (κ1) is 17.9. The monoisotopic (exact) mass is 340 g/mol. The minimum Gasteiger partial charge on any atom is -0.466 e. The number of ketones is 1. The Morgan fingerprint density at radius 2 is 1.96 bits per heavy atom. The van der Waals surface area contributed by atoms with Gasteiger partial charge in [-0.05, 0) is 48.7 Å². The van der Waals surface area contributed by atoms with Crippen LogP contribution in [-0.2, 0) is 20.7 Å². The molecule has 1 aromatic carbocycles. The van der Waals surface area contributed by atoms with Crippen LogP contribution in [0.25, 0.3) is 0 Å². The summed E-state index contributed by atoms with van der Waals surface area (Å²) in [6.45, 7) is 8.65. The number of rotatable bonds is 5. The summed E-state index contributed by atoms with van der Waals surface area (Å²) in [5.74, 6) is -0.161. The zero-order valence-corrected chi connectivity index (χ0v) is 15.7. The van der Waals surface area contributed by atoms with Crippen LogP contribution in [0.4, 0.5) is 0 Å². The van der Waals surface area contributed by atoms with Crippen LogP contribution in [0.1, 0.15) is 46.1 Å². The smallest absolute Gasteiger partial charge is 0.313 e. The molecule has 0 saturated heterocycles. The van der Waals surface area contributed by atoms with Crippen molar-refractivity contribution in [2.24, 2.45) is 22.7 Å². The third-order valence-corrected chi connectivity index (χ3v) is 6.63. The van der Waals surface area contributed by atoms with Crippen LogP contribution >= 0.6 is 0 Å². The second kappa shape index (κ2) is 6.44. The maximum Gasteiger partial charge on any atom is 0.313 e. The first-order valence-corrected chi connectivity index (χ1v) is 9.28. The summed E-state index contributed by atoms with van der Waals surface area (Å²) in [4.78, 5) is 25.6. The van der Waals surface area contributed by atoms with Gasteiger partial charge in [0, 0.05) is 5.41 Å². The molecule has 0 N–H and O–H groups in total. The Morgan fingerprint density at radius 1 is 1.28 bits per heavy atom. The molecule has 2 saturated carbocycles. The summed E-state index contributed by atoms with van der Waals surface area (Å²) in [5, 5.41) is 0. The number of ether oxygens (including phenoxy) is 1. The van der Waals surface area contributed by atoms with E-state index in [4.69, 9.17) is 4.74 Å². The van der Waals surface area contributed by atoms with Gasteiger partial charge in [-0.3, -0.25) is 9.59 Å². The average Bonchev–Trinajstić information content (AvgIpc) is 2.89. The third kappa shape index (κ3) is 2.84. The molecule has 2 aliphatic carbocycles.